The van der Waals surface area contributed by atoms with E-state index < -0.39 is 6.10 Å². The van der Waals surface area contributed by atoms with Gasteiger partial charge in [-0.05, 0) is 18.2 Å². The molecule has 9 nitrogen and oxygen atoms in total. The van der Waals surface area contributed by atoms with Crippen LogP contribution in [0.2, 0.25) is 0 Å². The smallest absolute Gasteiger partial charge is 0.193 e. The van der Waals surface area contributed by atoms with Gasteiger partial charge in [-0.2, -0.15) is 5.26 Å². The Morgan fingerprint density at radius 1 is 1.09 bits per heavy atom. The first-order valence-corrected chi connectivity index (χ1v) is 11.1. The number of pyridine rings is 1. The van der Waals surface area contributed by atoms with Gasteiger partial charge in [-0.1, -0.05) is 12.1 Å². The van der Waals surface area contributed by atoms with Crippen molar-refractivity contribution in [3.05, 3.63) is 42.0 Å². The summed E-state index contributed by atoms with van der Waals surface area (Å²) >= 11 is 0. The summed E-state index contributed by atoms with van der Waals surface area (Å²) in [6, 6.07) is 14.0. The molecule has 3 aromatic rings. The van der Waals surface area contributed by atoms with Gasteiger partial charge in [0, 0.05) is 30.4 Å². The highest BCUT2D eigenvalue weighted by Gasteiger charge is 2.48. The molecule has 6 rings (SSSR count). The zero-order valence-corrected chi connectivity index (χ0v) is 17.9. The lowest BCUT2D eigenvalue weighted by molar-refractivity contribution is 0.00794. The number of benzene rings is 1. The quantitative estimate of drug-likeness (QED) is 0.622. The Morgan fingerprint density at radius 3 is 2.67 bits per heavy atom. The molecule has 3 fully saturated rings. The van der Waals surface area contributed by atoms with Gasteiger partial charge in [0.2, 0.25) is 0 Å². The molecular formula is C24H24N4O5. The molecule has 170 valence electrons. The molecule has 3 aliphatic rings. The van der Waals surface area contributed by atoms with Crippen molar-refractivity contribution in [2.24, 2.45) is 0 Å². The lowest BCUT2D eigenvalue weighted by Gasteiger charge is -2.28. The van der Waals surface area contributed by atoms with E-state index in [-0.39, 0.29) is 24.9 Å². The van der Waals surface area contributed by atoms with Crippen molar-refractivity contribution in [1.29, 1.82) is 5.26 Å². The van der Waals surface area contributed by atoms with E-state index in [4.69, 9.17) is 23.9 Å². The molecule has 9 heteroatoms. The second-order valence-electron chi connectivity index (χ2n) is 8.53. The lowest BCUT2D eigenvalue weighted by atomic mass is 10.1. The van der Waals surface area contributed by atoms with E-state index in [1.165, 1.54) is 0 Å². The van der Waals surface area contributed by atoms with Crippen LogP contribution in [0.1, 0.15) is 5.56 Å². The SMILES string of the molecule is N#Cc1cc2[nH]c(O[C@@H]3CO[C@H]4[C@@H]3OC[C@H]4O)cc2nc1-c1ccc(N2CCOCC2)cc1. The number of H-pyrrole nitrogens is 1. The molecule has 2 aromatic heterocycles. The number of aromatic amines is 1. The third kappa shape index (κ3) is 3.71. The molecule has 2 N–H and O–H groups in total. The van der Waals surface area contributed by atoms with Crippen molar-refractivity contribution >= 4 is 16.7 Å². The average Bonchev–Trinajstić information content (AvgIpc) is 3.55. The van der Waals surface area contributed by atoms with E-state index in [0.717, 1.165) is 43.1 Å². The summed E-state index contributed by atoms with van der Waals surface area (Å²) in [5, 5.41) is 19.7. The number of rotatable bonds is 4. The minimum Gasteiger partial charge on any atom is -0.470 e. The summed E-state index contributed by atoms with van der Waals surface area (Å²) in [6.07, 6.45) is -1.59. The van der Waals surface area contributed by atoms with Crippen LogP contribution in [0.15, 0.2) is 36.4 Å². The fourth-order valence-electron chi connectivity index (χ4n) is 4.76. The molecule has 33 heavy (non-hydrogen) atoms. The zero-order valence-electron chi connectivity index (χ0n) is 17.9. The van der Waals surface area contributed by atoms with Crippen LogP contribution < -0.4 is 9.64 Å². The molecule has 1 aromatic carbocycles. The summed E-state index contributed by atoms with van der Waals surface area (Å²) in [5.74, 6) is 0.528. The van der Waals surface area contributed by atoms with Crippen molar-refractivity contribution in [1.82, 2.24) is 9.97 Å². The van der Waals surface area contributed by atoms with Gasteiger partial charge in [-0.25, -0.2) is 4.98 Å². The molecule has 3 saturated heterocycles. The molecule has 0 radical (unpaired) electrons. The maximum absolute atomic E-state index is 9.92. The second kappa shape index (κ2) is 8.32. The van der Waals surface area contributed by atoms with Gasteiger partial charge in [0.25, 0.3) is 0 Å². The van der Waals surface area contributed by atoms with Crippen molar-refractivity contribution < 1.29 is 24.1 Å². The summed E-state index contributed by atoms with van der Waals surface area (Å²) in [4.78, 5) is 10.2. The zero-order chi connectivity index (χ0) is 22.4. The molecular weight excluding hydrogens is 424 g/mol. The number of hydrogen-bond acceptors (Lipinski definition) is 8. The molecule has 4 atom stereocenters. The second-order valence-corrected chi connectivity index (χ2v) is 8.53. The fourth-order valence-corrected chi connectivity index (χ4v) is 4.76. The van der Waals surface area contributed by atoms with Crippen LogP contribution in [0.25, 0.3) is 22.3 Å². The van der Waals surface area contributed by atoms with Crippen LogP contribution >= 0.6 is 0 Å². The number of aliphatic hydroxyl groups excluding tert-OH is 1. The monoisotopic (exact) mass is 448 g/mol. The van der Waals surface area contributed by atoms with Crippen molar-refractivity contribution in [3.63, 3.8) is 0 Å². The summed E-state index contributed by atoms with van der Waals surface area (Å²) in [5.41, 5.74) is 4.57. The number of hydrogen-bond donors (Lipinski definition) is 2. The van der Waals surface area contributed by atoms with Crippen molar-refractivity contribution in [3.8, 4) is 23.2 Å². The topological polar surface area (TPSA) is 113 Å². The Hall–Kier alpha value is -3.16. The molecule has 3 aliphatic heterocycles. The predicted octanol–water partition coefficient (Wildman–Crippen LogP) is 1.84. The van der Waals surface area contributed by atoms with Gasteiger partial charge < -0.3 is 33.9 Å². The normalized spacial score (nSPS) is 27.0. The standard InChI is InChI=1S/C24H24N4O5/c25-11-15-9-17-18(10-21(26-17)33-20-13-32-23-19(29)12-31-24(20)23)27-22(15)14-1-3-16(4-2-14)28-5-7-30-8-6-28/h1-4,9-10,19-20,23-24,26,29H,5-8,12-13H2/t19-,20-,23-,24-/m1/s1. The molecule has 0 amide bonds. The van der Waals surface area contributed by atoms with Crippen LogP contribution in [0.3, 0.4) is 0 Å². The lowest BCUT2D eigenvalue weighted by Crippen LogP contribution is -2.36. The van der Waals surface area contributed by atoms with Gasteiger partial charge >= 0.3 is 0 Å². The Balaban J connectivity index is 1.26. The van der Waals surface area contributed by atoms with Gasteiger partial charge in [-0.15, -0.1) is 0 Å². The van der Waals surface area contributed by atoms with Gasteiger partial charge in [0.15, 0.2) is 12.0 Å². The first-order valence-electron chi connectivity index (χ1n) is 11.1. The molecule has 0 bridgehead atoms. The third-order valence-electron chi connectivity index (χ3n) is 6.48. The Bertz CT molecular complexity index is 1200. The molecule has 5 heterocycles. The molecule has 0 aliphatic carbocycles. The Morgan fingerprint density at radius 2 is 1.88 bits per heavy atom. The number of morpholine rings is 1. The van der Waals surface area contributed by atoms with E-state index in [2.05, 4.69) is 28.1 Å². The Labute approximate surface area is 190 Å². The first-order chi connectivity index (χ1) is 16.2. The van der Waals surface area contributed by atoms with Crippen LogP contribution in [-0.2, 0) is 14.2 Å². The van der Waals surface area contributed by atoms with E-state index in [1.807, 2.05) is 18.2 Å². The van der Waals surface area contributed by atoms with Gasteiger partial charge in [0.05, 0.1) is 48.7 Å². The van der Waals surface area contributed by atoms with Crippen LogP contribution in [0.4, 0.5) is 5.69 Å². The van der Waals surface area contributed by atoms with Crippen LogP contribution in [0.5, 0.6) is 5.88 Å². The number of fused-ring (bicyclic) bond motifs is 2. The maximum Gasteiger partial charge on any atom is 0.193 e. The number of nitrogens with zero attached hydrogens (tertiary/aromatic N) is 3. The van der Waals surface area contributed by atoms with Gasteiger partial charge in [0.1, 0.15) is 24.4 Å². The van der Waals surface area contributed by atoms with Crippen LogP contribution in [0, 0.1) is 11.3 Å². The largest absolute Gasteiger partial charge is 0.470 e. The molecule has 0 unspecified atom stereocenters. The van der Waals surface area contributed by atoms with Crippen molar-refractivity contribution in [2.45, 2.75) is 24.4 Å². The number of aromatic nitrogens is 2. The molecule has 0 spiro atoms. The highest BCUT2D eigenvalue weighted by molar-refractivity contribution is 5.84. The number of nitriles is 1. The predicted molar refractivity (Wildman–Crippen MR) is 119 cm³/mol. The maximum atomic E-state index is 9.92. The van der Waals surface area contributed by atoms with E-state index in [1.54, 1.807) is 6.07 Å². The summed E-state index contributed by atoms with van der Waals surface area (Å²) in [7, 11) is 0. The Kier molecular flexibility index (Phi) is 5.15. The van der Waals surface area contributed by atoms with Gasteiger partial charge in [-0.3, -0.25) is 0 Å². The van der Waals surface area contributed by atoms with E-state index in [0.29, 0.717) is 29.3 Å². The highest BCUT2D eigenvalue weighted by Crippen LogP contribution is 2.32. The van der Waals surface area contributed by atoms with E-state index >= 15 is 0 Å². The van der Waals surface area contributed by atoms with Crippen LogP contribution in [-0.4, -0.2) is 79.0 Å². The number of aliphatic hydroxyl groups is 1. The van der Waals surface area contributed by atoms with E-state index in [9.17, 15) is 10.4 Å². The third-order valence-corrected chi connectivity index (χ3v) is 6.48. The highest BCUT2D eigenvalue weighted by atomic mass is 16.6. The summed E-state index contributed by atoms with van der Waals surface area (Å²) in [6.45, 7) is 3.81. The summed E-state index contributed by atoms with van der Waals surface area (Å²) < 4.78 is 22.8. The molecule has 0 saturated carbocycles. The fraction of sp³-hybridized carbons (Fsp3) is 0.417. The minimum atomic E-state index is -0.622. The first kappa shape index (κ1) is 20.4. The number of anilines is 1. The number of nitrogens with one attached hydrogen (secondary N) is 1. The average molecular weight is 448 g/mol. The number of ether oxygens (including phenoxy) is 4. The van der Waals surface area contributed by atoms with Crippen molar-refractivity contribution in [2.75, 3.05) is 44.4 Å². The minimum absolute atomic E-state index is 0.253.